The van der Waals surface area contributed by atoms with Crippen molar-refractivity contribution in [3.63, 3.8) is 0 Å². The molecule has 0 N–H and O–H groups in total. The van der Waals surface area contributed by atoms with Crippen molar-refractivity contribution in [1.82, 2.24) is 4.98 Å². The molecule has 0 atom stereocenters. The Balaban J connectivity index is 2.13. The summed E-state index contributed by atoms with van der Waals surface area (Å²) in [6.07, 6.45) is 1.74. The third-order valence-electron chi connectivity index (χ3n) is 2.34. The molecule has 3 heteroatoms. The average molecular weight is 227 g/mol. The van der Waals surface area contributed by atoms with E-state index in [0.29, 0.717) is 0 Å². The van der Waals surface area contributed by atoms with Crippen LogP contribution >= 0.6 is 0 Å². The minimum atomic E-state index is -0.285. The zero-order chi connectivity index (χ0) is 12.1. The van der Waals surface area contributed by atoms with E-state index in [1.54, 1.807) is 6.08 Å². The fourth-order valence-corrected chi connectivity index (χ4v) is 1.56. The van der Waals surface area contributed by atoms with Gasteiger partial charge in [0.1, 0.15) is 6.61 Å². The Hall–Kier alpha value is -2.16. The van der Waals surface area contributed by atoms with Gasteiger partial charge in [0.25, 0.3) is 0 Å². The zero-order valence-electron chi connectivity index (χ0n) is 9.43. The first kappa shape index (κ1) is 11.3. The highest BCUT2D eigenvalue weighted by Crippen LogP contribution is 2.12. The van der Waals surface area contributed by atoms with Gasteiger partial charge in [-0.05, 0) is 12.1 Å². The van der Waals surface area contributed by atoms with E-state index in [4.69, 9.17) is 4.74 Å². The fourth-order valence-electron chi connectivity index (χ4n) is 1.56. The van der Waals surface area contributed by atoms with E-state index in [-0.39, 0.29) is 19.0 Å². The number of benzene rings is 1. The lowest BCUT2D eigenvalue weighted by Gasteiger charge is -2.03. The minimum absolute atomic E-state index is 0.193. The zero-order valence-corrected chi connectivity index (χ0v) is 9.43. The Kier molecular flexibility index (Phi) is 3.50. The van der Waals surface area contributed by atoms with Gasteiger partial charge in [0.15, 0.2) is 0 Å². The van der Waals surface area contributed by atoms with E-state index < -0.39 is 0 Å². The topological polar surface area (TPSA) is 39.2 Å². The Bertz CT molecular complexity index is 549. The molecule has 1 heterocycles. The van der Waals surface area contributed by atoms with E-state index in [9.17, 15) is 4.79 Å². The van der Waals surface area contributed by atoms with E-state index in [2.05, 4.69) is 11.6 Å². The Morgan fingerprint density at radius 3 is 2.94 bits per heavy atom. The molecule has 1 aromatic carbocycles. The molecule has 0 saturated heterocycles. The van der Waals surface area contributed by atoms with Crippen molar-refractivity contribution in [1.29, 1.82) is 0 Å². The number of carbonyl (C=O) groups excluding carboxylic acids is 1. The lowest BCUT2D eigenvalue weighted by Crippen LogP contribution is -2.08. The number of esters is 1. The molecule has 2 rings (SSSR count). The van der Waals surface area contributed by atoms with Crippen molar-refractivity contribution >= 4 is 16.9 Å². The van der Waals surface area contributed by atoms with Gasteiger partial charge in [-0.3, -0.25) is 9.78 Å². The van der Waals surface area contributed by atoms with Gasteiger partial charge >= 0.3 is 5.97 Å². The number of nitrogens with zero attached hydrogens (tertiary/aromatic N) is 1. The maximum atomic E-state index is 11.4. The number of pyridine rings is 1. The number of aromatic nitrogens is 1. The van der Waals surface area contributed by atoms with Crippen molar-refractivity contribution in [3.8, 4) is 0 Å². The maximum absolute atomic E-state index is 11.4. The van der Waals surface area contributed by atoms with Crippen molar-refractivity contribution in [2.24, 2.45) is 0 Å². The van der Waals surface area contributed by atoms with E-state index in [1.165, 1.54) is 0 Å². The molecule has 3 nitrogen and oxygen atoms in total. The second-order valence-electron chi connectivity index (χ2n) is 3.64. The first-order valence-electron chi connectivity index (χ1n) is 5.41. The van der Waals surface area contributed by atoms with Gasteiger partial charge in [-0.2, -0.15) is 0 Å². The largest absolute Gasteiger partial charge is 0.461 e. The SMILES string of the molecule is C=CCOC(=O)Cc1ccc2ccccc2n1. The molecular weight excluding hydrogens is 214 g/mol. The molecule has 86 valence electrons. The molecule has 0 spiro atoms. The molecular formula is C14H13NO2. The molecule has 0 radical (unpaired) electrons. The molecule has 1 aromatic heterocycles. The highest BCUT2D eigenvalue weighted by atomic mass is 16.5. The van der Waals surface area contributed by atoms with Gasteiger partial charge < -0.3 is 4.74 Å². The number of rotatable bonds is 4. The first-order chi connectivity index (χ1) is 8.29. The van der Waals surface area contributed by atoms with E-state index >= 15 is 0 Å². The lowest BCUT2D eigenvalue weighted by atomic mass is 10.2. The summed E-state index contributed by atoms with van der Waals surface area (Å²) in [4.78, 5) is 15.8. The number of hydrogen-bond donors (Lipinski definition) is 0. The van der Waals surface area contributed by atoms with Crippen LogP contribution in [0.3, 0.4) is 0 Å². The van der Waals surface area contributed by atoms with Crippen LogP contribution in [-0.2, 0) is 16.0 Å². The first-order valence-corrected chi connectivity index (χ1v) is 5.41. The number of carbonyl (C=O) groups is 1. The van der Waals surface area contributed by atoms with Gasteiger partial charge in [-0.25, -0.2) is 0 Å². The van der Waals surface area contributed by atoms with Gasteiger partial charge in [0, 0.05) is 5.39 Å². The quantitative estimate of drug-likeness (QED) is 0.595. The van der Waals surface area contributed by atoms with Crippen molar-refractivity contribution < 1.29 is 9.53 Å². The van der Waals surface area contributed by atoms with Crippen LogP contribution in [-0.4, -0.2) is 17.6 Å². The normalized spacial score (nSPS) is 10.1. The molecule has 0 unspecified atom stereocenters. The van der Waals surface area contributed by atoms with Crippen LogP contribution in [0, 0.1) is 0 Å². The number of ether oxygens (including phenoxy) is 1. The molecule has 0 bridgehead atoms. The van der Waals surface area contributed by atoms with E-state index in [1.807, 2.05) is 36.4 Å². The summed E-state index contributed by atoms with van der Waals surface area (Å²) in [7, 11) is 0. The number of fused-ring (bicyclic) bond motifs is 1. The summed E-state index contributed by atoms with van der Waals surface area (Å²) in [6.45, 7) is 3.73. The molecule has 17 heavy (non-hydrogen) atoms. The average Bonchev–Trinajstić information content (AvgIpc) is 2.36. The number of hydrogen-bond acceptors (Lipinski definition) is 3. The van der Waals surface area contributed by atoms with Crippen molar-refractivity contribution in [2.75, 3.05) is 6.61 Å². The molecule has 2 aromatic rings. The molecule has 0 aliphatic heterocycles. The standard InChI is InChI=1S/C14H13NO2/c1-2-9-17-14(16)10-12-8-7-11-5-3-4-6-13(11)15-12/h2-8H,1,9-10H2. The van der Waals surface area contributed by atoms with E-state index in [0.717, 1.165) is 16.6 Å². The molecule has 0 saturated carbocycles. The van der Waals surface area contributed by atoms with Gasteiger partial charge in [0.2, 0.25) is 0 Å². The van der Waals surface area contributed by atoms with Crippen molar-refractivity contribution in [3.05, 3.63) is 54.7 Å². The molecule has 0 fully saturated rings. The monoisotopic (exact) mass is 227 g/mol. The van der Waals surface area contributed by atoms with Crippen LogP contribution in [0.2, 0.25) is 0 Å². The van der Waals surface area contributed by atoms with Crippen LogP contribution < -0.4 is 0 Å². The van der Waals surface area contributed by atoms with Crippen LogP contribution in [0.15, 0.2) is 49.1 Å². The second-order valence-corrected chi connectivity index (χ2v) is 3.64. The smallest absolute Gasteiger partial charge is 0.312 e. The van der Waals surface area contributed by atoms with Gasteiger partial charge in [0.05, 0.1) is 17.6 Å². The highest BCUT2D eigenvalue weighted by Gasteiger charge is 2.05. The fraction of sp³-hybridized carbons (Fsp3) is 0.143. The third kappa shape index (κ3) is 2.91. The summed E-state index contributed by atoms with van der Waals surface area (Å²) in [5.74, 6) is -0.285. The summed E-state index contributed by atoms with van der Waals surface area (Å²) in [5, 5.41) is 1.07. The molecule has 0 amide bonds. The van der Waals surface area contributed by atoms with Gasteiger partial charge in [-0.1, -0.05) is 36.9 Å². The summed E-state index contributed by atoms with van der Waals surface area (Å²) < 4.78 is 4.91. The summed E-state index contributed by atoms with van der Waals surface area (Å²) in [6, 6.07) is 11.6. The lowest BCUT2D eigenvalue weighted by molar-refractivity contribution is -0.141. The van der Waals surface area contributed by atoms with Crippen LogP contribution in [0.1, 0.15) is 5.69 Å². The highest BCUT2D eigenvalue weighted by molar-refractivity contribution is 5.79. The third-order valence-corrected chi connectivity index (χ3v) is 2.34. The van der Waals surface area contributed by atoms with Crippen LogP contribution in [0.4, 0.5) is 0 Å². The maximum Gasteiger partial charge on any atom is 0.312 e. The molecule has 0 aliphatic rings. The Labute approximate surface area is 99.7 Å². The Morgan fingerprint density at radius 1 is 1.29 bits per heavy atom. The summed E-state index contributed by atoms with van der Waals surface area (Å²) in [5.41, 5.74) is 1.61. The Morgan fingerprint density at radius 2 is 2.12 bits per heavy atom. The van der Waals surface area contributed by atoms with Gasteiger partial charge in [-0.15, -0.1) is 0 Å². The molecule has 0 aliphatic carbocycles. The minimum Gasteiger partial charge on any atom is -0.461 e. The second kappa shape index (κ2) is 5.25. The predicted octanol–water partition coefficient (Wildman–Crippen LogP) is 2.51. The van der Waals surface area contributed by atoms with Crippen LogP contribution in [0.25, 0.3) is 10.9 Å². The number of para-hydroxylation sites is 1. The van der Waals surface area contributed by atoms with Crippen molar-refractivity contribution in [2.45, 2.75) is 6.42 Å². The predicted molar refractivity (Wildman–Crippen MR) is 66.6 cm³/mol. The summed E-state index contributed by atoms with van der Waals surface area (Å²) >= 11 is 0. The van der Waals surface area contributed by atoms with Crippen LogP contribution in [0.5, 0.6) is 0 Å².